The van der Waals surface area contributed by atoms with E-state index in [9.17, 15) is 22.2 Å². The van der Waals surface area contributed by atoms with Crippen molar-refractivity contribution in [2.75, 3.05) is 11.5 Å². The summed E-state index contributed by atoms with van der Waals surface area (Å²) in [6, 6.07) is 9.15. The van der Waals surface area contributed by atoms with Gasteiger partial charge in [0, 0.05) is 22.5 Å². The molecule has 0 bridgehead atoms. The molecule has 0 saturated heterocycles. The van der Waals surface area contributed by atoms with E-state index in [4.69, 9.17) is 0 Å². The predicted molar refractivity (Wildman–Crippen MR) is 78.3 cm³/mol. The molecule has 0 aliphatic carbocycles. The number of benzene rings is 1. The van der Waals surface area contributed by atoms with Crippen molar-refractivity contribution < 1.29 is 17.4 Å². The Labute approximate surface area is 130 Å². The Morgan fingerprint density at radius 1 is 1.23 bits per heavy atom. The number of H-pyrrole nitrogens is 1. The van der Waals surface area contributed by atoms with E-state index >= 15 is 0 Å². The molecule has 0 aliphatic rings. The van der Waals surface area contributed by atoms with Crippen molar-refractivity contribution in [3.63, 3.8) is 0 Å². The molecule has 0 spiro atoms. The lowest BCUT2D eigenvalue weighted by molar-refractivity contribution is -0.141. The lowest BCUT2D eigenvalue weighted by Gasteiger charge is -2.07. The van der Waals surface area contributed by atoms with Crippen LogP contribution in [0.15, 0.2) is 51.2 Å². The second-order valence-electron chi connectivity index (χ2n) is 4.14. The van der Waals surface area contributed by atoms with Crippen molar-refractivity contribution in [2.24, 2.45) is 0 Å². The van der Waals surface area contributed by atoms with Gasteiger partial charge in [0.15, 0.2) is 10.9 Å². The van der Waals surface area contributed by atoms with Crippen LogP contribution < -0.4 is 5.56 Å². The third-order valence-electron chi connectivity index (χ3n) is 2.52. The highest BCUT2D eigenvalue weighted by Crippen LogP contribution is 2.27. The van der Waals surface area contributed by atoms with Gasteiger partial charge < -0.3 is 4.98 Å². The summed E-state index contributed by atoms with van der Waals surface area (Å²) in [6.45, 7) is 0. The Balaban J connectivity index is 1.99. The molecular weight excluding hydrogens is 337 g/mol. The van der Waals surface area contributed by atoms with Gasteiger partial charge >= 0.3 is 6.18 Å². The van der Waals surface area contributed by atoms with Crippen molar-refractivity contribution >= 4 is 22.6 Å². The van der Waals surface area contributed by atoms with Crippen LogP contribution in [-0.4, -0.2) is 25.7 Å². The summed E-state index contributed by atoms with van der Waals surface area (Å²) in [4.78, 5) is 17.4. The average Bonchev–Trinajstić information content (AvgIpc) is 2.46. The minimum atomic E-state index is -4.67. The maximum atomic E-state index is 12.5. The van der Waals surface area contributed by atoms with E-state index in [1.54, 1.807) is 30.3 Å². The highest BCUT2D eigenvalue weighted by molar-refractivity contribution is 8.00. The van der Waals surface area contributed by atoms with Gasteiger partial charge in [0.05, 0.1) is 10.8 Å². The Hall–Kier alpha value is -1.61. The van der Waals surface area contributed by atoms with E-state index in [1.807, 2.05) is 0 Å². The van der Waals surface area contributed by atoms with Crippen molar-refractivity contribution in [1.29, 1.82) is 0 Å². The highest BCUT2D eigenvalue weighted by Gasteiger charge is 2.33. The monoisotopic (exact) mass is 348 g/mol. The standard InChI is InChI=1S/C13H11F3N2O2S2/c14-13(15,16)10-8-11(19)18-12(17-10)21-6-7-22(20)9-4-2-1-3-5-9/h1-5,8H,6-7H2,(H,17,18,19). The van der Waals surface area contributed by atoms with Gasteiger partial charge in [0.2, 0.25) is 0 Å². The van der Waals surface area contributed by atoms with Gasteiger partial charge in [-0.15, -0.1) is 0 Å². The third-order valence-corrected chi connectivity index (χ3v) is 5.03. The summed E-state index contributed by atoms with van der Waals surface area (Å²) in [7, 11) is -1.25. The zero-order valence-corrected chi connectivity index (χ0v) is 12.7. The van der Waals surface area contributed by atoms with Crippen LogP contribution in [0.4, 0.5) is 13.2 Å². The number of aromatic amines is 1. The molecule has 0 amide bonds. The van der Waals surface area contributed by atoms with Gasteiger partial charge in [-0.3, -0.25) is 9.00 Å². The summed E-state index contributed by atoms with van der Waals surface area (Å²) >= 11 is 0.928. The van der Waals surface area contributed by atoms with Crippen LogP contribution in [0.2, 0.25) is 0 Å². The first kappa shape index (κ1) is 16.8. The molecular formula is C13H11F3N2O2S2. The summed E-state index contributed by atoms with van der Waals surface area (Å²) in [6.07, 6.45) is -4.67. The van der Waals surface area contributed by atoms with E-state index < -0.39 is 28.2 Å². The van der Waals surface area contributed by atoms with Crippen molar-refractivity contribution in [3.8, 4) is 0 Å². The number of hydrogen-bond acceptors (Lipinski definition) is 4. The maximum absolute atomic E-state index is 12.5. The molecule has 4 nitrogen and oxygen atoms in total. The molecule has 2 rings (SSSR count). The fourth-order valence-corrected chi connectivity index (χ4v) is 3.72. The highest BCUT2D eigenvalue weighted by atomic mass is 32.2. The molecule has 0 saturated carbocycles. The minimum absolute atomic E-state index is 0.134. The molecule has 118 valence electrons. The molecule has 1 aromatic carbocycles. The van der Waals surface area contributed by atoms with E-state index in [1.165, 1.54) is 0 Å². The first-order chi connectivity index (χ1) is 10.4. The molecule has 1 heterocycles. The minimum Gasteiger partial charge on any atom is -0.301 e. The molecule has 1 aromatic heterocycles. The predicted octanol–water partition coefficient (Wildman–Crippen LogP) is 2.69. The Morgan fingerprint density at radius 3 is 2.55 bits per heavy atom. The second kappa shape index (κ2) is 7.10. The summed E-state index contributed by atoms with van der Waals surface area (Å²) in [5, 5.41) is -0.134. The van der Waals surface area contributed by atoms with Crippen LogP contribution in [-0.2, 0) is 17.0 Å². The van der Waals surface area contributed by atoms with Crippen molar-refractivity contribution in [2.45, 2.75) is 16.2 Å². The van der Waals surface area contributed by atoms with Crippen LogP contribution in [0, 0.1) is 0 Å². The normalized spacial score (nSPS) is 13.0. The molecule has 0 fully saturated rings. The van der Waals surface area contributed by atoms with Gasteiger partial charge in [-0.05, 0) is 12.1 Å². The van der Waals surface area contributed by atoms with E-state index in [-0.39, 0.29) is 16.7 Å². The topological polar surface area (TPSA) is 62.8 Å². The summed E-state index contributed by atoms with van der Waals surface area (Å²) in [5.74, 6) is 0.514. The number of rotatable bonds is 5. The molecule has 1 N–H and O–H groups in total. The van der Waals surface area contributed by atoms with Gasteiger partial charge in [-0.2, -0.15) is 13.2 Å². The van der Waals surface area contributed by atoms with Gasteiger partial charge in [-0.25, -0.2) is 4.98 Å². The molecule has 2 aromatic rings. The molecule has 0 aliphatic heterocycles. The average molecular weight is 348 g/mol. The van der Waals surface area contributed by atoms with Crippen LogP contribution in [0.25, 0.3) is 0 Å². The first-order valence-corrected chi connectivity index (χ1v) is 8.41. The number of thioether (sulfide) groups is 1. The van der Waals surface area contributed by atoms with Crippen molar-refractivity contribution in [3.05, 3.63) is 52.4 Å². The number of alkyl halides is 3. The number of nitrogens with one attached hydrogen (secondary N) is 1. The van der Waals surface area contributed by atoms with E-state index in [2.05, 4.69) is 9.97 Å². The summed E-state index contributed by atoms with van der Waals surface area (Å²) in [5.41, 5.74) is -2.10. The van der Waals surface area contributed by atoms with E-state index in [0.29, 0.717) is 11.0 Å². The summed E-state index contributed by atoms with van der Waals surface area (Å²) < 4.78 is 49.6. The number of halogens is 3. The smallest absolute Gasteiger partial charge is 0.301 e. The zero-order chi connectivity index (χ0) is 16.2. The lowest BCUT2D eigenvalue weighted by atomic mass is 10.4. The molecule has 9 heteroatoms. The zero-order valence-electron chi connectivity index (χ0n) is 11.1. The Bertz CT molecular complexity index is 717. The fourth-order valence-electron chi connectivity index (χ4n) is 1.55. The third kappa shape index (κ3) is 4.70. The van der Waals surface area contributed by atoms with Crippen LogP contribution in [0.1, 0.15) is 5.69 Å². The Morgan fingerprint density at radius 2 is 1.91 bits per heavy atom. The molecule has 22 heavy (non-hydrogen) atoms. The van der Waals surface area contributed by atoms with Crippen LogP contribution in [0.3, 0.4) is 0 Å². The van der Waals surface area contributed by atoms with Crippen LogP contribution >= 0.6 is 11.8 Å². The van der Waals surface area contributed by atoms with Crippen molar-refractivity contribution in [1.82, 2.24) is 9.97 Å². The quantitative estimate of drug-likeness (QED) is 0.667. The molecule has 0 radical (unpaired) electrons. The Kier molecular flexibility index (Phi) is 5.41. The number of nitrogens with zero attached hydrogens (tertiary/aromatic N) is 1. The van der Waals surface area contributed by atoms with Gasteiger partial charge in [0.25, 0.3) is 5.56 Å². The lowest BCUT2D eigenvalue weighted by Crippen LogP contribution is -2.17. The maximum Gasteiger partial charge on any atom is 0.433 e. The van der Waals surface area contributed by atoms with Crippen LogP contribution in [0.5, 0.6) is 0 Å². The molecule has 1 unspecified atom stereocenters. The number of hydrogen-bond donors (Lipinski definition) is 1. The first-order valence-electron chi connectivity index (χ1n) is 6.11. The number of aromatic nitrogens is 2. The molecule has 1 atom stereocenters. The largest absolute Gasteiger partial charge is 0.433 e. The van der Waals surface area contributed by atoms with E-state index in [0.717, 1.165) is 11.8 Å². The van der Waals surface area contributed by atoms with Gasteiger partial charge in [-0.1, -0.05) is 30.0 Å². The fraction of sp³-hybridized carbons (Fsp3) is 0.231. The van der Waals surface area contributed by atoms with Gasteiger partial charge in [0.1, 0.15) is 0 Å². The SMILES string of the molecule is O=c1cc(C(F)(F)F)nc(SCCS(=O)c2ccccc2)[nH]1. The second-order valence-corrected chi connectivity index (χ2v) is 6.80.